The summed E-state index contributed by atoms with van der Waals surface area (Å²) in [6.07, 6.45) is 3.69. The number of hydrogen-bond donors (Lipinski definition) is 1. The van der Waals surface area contributed by atoms with Crippen molar-refractivity contribution in [2.24, 2.45) is 12.0 Å². The van der Waals surface area contributed by atoms with Gasteiger partial charge in [0.1, 0.15) is 0 Å². The first kappa shape index (κ1) is 10.1. The predicted molar refractivity (Wildman–Crippen MR) is 59.7 cm³/mol. The molecule has 3 nitrogen and oxygen atoms in total. The molecule has 13 heavy (non-hydrogen) atoms. The summed E-state index contributed by atoms with van der Waals surface area (Å²) in [4.78, 5) is 5.10. The minimum atomic E-state index is 0.498. The van der Waals surface area contributed by atoms with Crippen LogP contribution in [-0.2, 0) is 7.05 Å². The zero-order chi connectivity index (χ0) is 9.68. The highest BCUT2D eigenvalue weighted by Crippen LogP contribution is 1.86. The van der Waals surface area contributed by atoms with Crippen molar-refractivity contribution < 1.29 is 0 Å². The van der Waals surface area contributed by atoms with Crippen molar-refractivity contribution in [2.75, 3.05) is 6.54 Å². The van der Waals surface area contributed by atoms with E-state index < -0.39 is 0 Å². The van der Waals surface area contributed by atoms with E-state index >= 15 is 0 Å². The second-order valence-electron chi connectivity index (χ2n) is 2.38. The Morgan fingerprint density at radius 3 is 3.23 bits per heavy atom. The van der Waals surface area contributed by atoms with E-state index in [0.717, 1.165) is 4.80 Å². The minimum Gasteiger partial charge on any atom is -0.357 e. The third-order valence-corrected chi connectivity index (χ3v) is 2.44. The Morgan fingerprint density at radius 1 is 1.92 bits per heavy atom. The van der Waals surface area contributed by atoms with Crippen LogP contribution in [0, 0.1) is 0 Å². The van der Waals surface area contributed by atoms with Crippen LogP contribution in [0.15, 0.2) is 29.2 Å². The van der Waals surface area contributed by atoms with Crippen molar-refractivity contribution in [1.29, 1.82) is 0 Å². The first-order valence-electron chi connectivity index (χ1n) is 3.77. The topological polar surface area (TPSA) is 29.3 Å². The van der Waals surface area contributed by atoms with Gasteiger partial charge in [-0.3, -0.25) is 0 Å². The van der Waals surface area contributed by atoms with Crippen LogP contribution in [0.2, 0.25) is 0 Å². The van der Waals surface area contributed by atoms with Crippen LogP contribution in [0.5, 0.6) is 0 Å². The summed E-state index contributed by atoms with van der Waals surface area (Å²) < 4.78 is 1.92. The summed E-state index contributed by atoms with van der Waals surface area (Å²) in [5, 5.41) is 5.40. The van der Waals surface area contributed by atoms with Crippen LogP contribution in [0.3, 0.4) is 0 Å². The van der Waals surface area contributed by atoms with Crippen molar-refractivity contribution in [3.05, 3.63) is 29.0 Å². The fourth-order valence-corrected chi connectivity index (χ4v) is 1.68. The van der Waals surface area contributed by atoms with Crippen LogP contribution in [0.4, 0.5) is 0 Å². The first-order chi connectivity index (χ1) is 6.24. The van der Waals surface area contributed by atoms with E-state index in [9.17, 15) is 0 Å². The van der Waals surface area contributed by atoms with Gasteiger partial charge in [-0.05, 0) is 12.2 Å². The number of thiazole rings is 1. The van der Waals surface area contributed by atoms with E-state index in [2.05, 4.69) is 16.9 Å². The van der Waals surface area contributed by atoms with Gasteiger partial charge in [0.25, 0.3) is 0 Å². The van der Waals surface area contributed by atoms with E-state index in [1.165, 1.54) is 0 Å². The SMILES string of the molecule is C=CCNC(=S)N=c1sccn1C. The molecule has 0 fully saturated rings. The standard InChI is InChI=1S/C8H11N3S2/c1-3-4-9-7(12)10-8-11(2)5-6-13-8/h3,5-6H,1,4H2,2H3,(H,9,12). The molecular weight excluding hydrogens is 202 g/mol. The monoisotopic (exact) mass is 213 g/mol. The van der Waals surface area contributed by atoms with Gasteiger partial charge < -0.3 is 9.88 Å². The molecule has 0 amide bonds. The minimum absolute atomic E-state index is 0.498. The highest BCUT2D eigenvalue weighted by Gasteiger charge is 1.91. The Bertz CT molecular complexity index is 361. The fraction of sp³-hybridized carbons (Fsp3) is 0.250. The molecule has 0 radical (unpaired) electrons. The molecule has 1 rings (SSSR count). The Morgan fingerprint density at radius 2 is 2.69 bits per heavy atom. The van der Waals surface area contributed by atoms with Crippen LogP contribution in [-0.4, -0.2) is 16.2 Å². The number of thiocarbonyl (C=S) groups is 1. The van der Waals surface area contributed by atoms with Gasteiger partial charge in [0.15, 0.2) is 9.91 Å². The molecule has 0 aliphatic rings. The fourth-order valence-electron chi connectivity index (χ4n) is 0.721. The van der Waals surface area contributed by atoms with Crippen LogP contribution >= 0.6 is 23.6 Å². The van der Waals surface area contributed by atoms with Crippen LogP contribution < -0.4 is 10.1 Å². The summed E-state index contributed by atoms with van der Waals surface area (Å²) in [6, 6.07) is 0. The Hall–Kier alpha value is -0.940. The van der Waals surface area contributed by atoms with Gasteiger partial charge in [-0.25, -0.2) is 0 Å². The molecule has 0 saturated heterocycles. The van der Waals surface area contributed by atoms with E-state index in [4.69, 9.17) is 12.2 Å². The Labute approximate surface area is 86.4 Å². The summed E-state index contributed by atoms with van der Waals surface area (Å²) in [5.74, 6) is 0. The zero-order valence-corrected chi connectivity index (χ0v) is 8.99. The molecule has 0 aromatic carbocycles. The van der Waals surface area contributed by atoms with Gasteiger partial charge in [0, 0.05) is 25.2 Å². The molecule has 70 valence electrons. The molecular formula is C8H11N3S2. The average molecular weight is 213 g/mol. The normalized spacial score (nSPS) is 11.3. The summed E-state index contributed by atoms with van der Waals surface area (Å²) in [6.45, 7) is 4.23. The number of aryl methyl sites for hydroxylation is 1. The molecule has 5 heteroatoms. The first-order valence-corrected chi connectivity index (χ1v) is 5.06. The molecule has 0 spiro atoms. The largest absolute Gasteiger partial charge is 0.357 e. The summed E-state index contributed by atoms with van der Waals surface area (Å²) in [5.41, 5.74) is 0. The zero-order valence-electron chi connectivity index (χ0n) is 7.36. The number of nitrogens with one attached hydrogen (secondary N) is 1. The lowest BCUT2D eigenvalue weighted by atomic mass is 10.6. The van der Waals surface area contributed by atoms with Gasteiger partial charge in [-0.2, -0.15) is 4.99 Å². The smallest absolute Gasteiger partial charge is 0.195 e. The maximum atomic E-state index is 4.99. The second-order valence-corrected chi connectivity index (χ2v) is 3.64. The van der Waals surface area contributed by atoms with E-state index in [0.29, 0.717) is 11.7 Å². The number of hydrogen-bond acceptors (Lipinski definition) is 2. The molecule has 0 bridgehead atoms. The molecule has 0 saturated carbocycles. The molecule has 1 N–H and O–H groups in total. The predicted octanol–water partition coefficient (Wildman–Crippen LogP) is 1.05. The molecule has 1 aromatic rings. The second kappa shape index (κ2) is 4.94. The lowest BCUT2D eigenvalue weighted by molar-refractivity contribution is 0.873. The Kier molecular flexibility index (Phi) is 3.85. The molecule has 0 unspecified atom stereocenters. The van der Waals surface area contributed by atoms with Gasteiger partial charge in [0.05, 0.1) is 0 Å². The van der Waals surface area contributed by atoms with E-state index in [-0.39, 0.29) is 0 Å². The highest BCUT2D eigenvalue weighted by molar-refractivity contribution is 7.80. The van der Waals surface area contributed by atoms with E-state index in [1.807, 2.05) is 23.2 Å². The summed E-state index contributed by atoms with van der Waals surface area (Å²) >= 11 is 6.55. The van der Waals surface area contributed by atoms with Gasteiger partial charge >= 0.3 is 0 Å². The quantitative estimate of drug-likeness (QED) is 0.588. The summed E-state index contributed by atoms with van der Waals surface area (Å²) in [7, 11) is 1.94. The van der Waals surface area contributed by atoms with Crippen LogP contribution in [0.1, 0.15) is 0 Å². The van der Waals surface area contributed by atoms with Crippen molar-refractivity contribution >= 4 is 28.7 Å². The molecule has 1 aromatic heterocycles. The van der Waals surface area contributed by atoms with Crippen molar-refractivity contribution in [1.82, 2.24) is 9.88 Å². The third kappa shape index (κ3) is 3.12. The maximum absolute atomic E-state index is 4.99. The maximum Gasteiger partial charge on any atom is 0.195 e. The molecule has 0 aliphatic heterocycles. The van der Waals surface area contributed by atoms with Gasteiger partial charge in [-0.1, -0.05) is 6.08 Å². The molecule has 1 heterocycles. The van der Waals surface area contributed by atoms with Crippen molar-refractivity contribution in [3.8, 4) is 0 Å². The average Bonchev–Trinajstić information content (AvgIpc) is 2.48. The van der Waals surface area contributed by atoms with Gasteiger partial charge in [-0.15, -0.1) is 17.9 Å². The van der Waals surface area contributed by atoms with Crippen LogP contribution in [0.25, 0.3) is 0 Å². The van der Waals surface area contributed by atoms with Gasteiger partial charge in [0.2, 0.25) is 0 Å². The van der Waals surface area contributed by atoms with E-state index in [1.54, 1.807) is 17.4 Å². The van der Waals surface area contributed by atoms with Crippen molar-refractivity contribution in [3.63, 3.8) is 0 Å². The third-order valence-electron chi connectivity index (χ3n) is 1.35. The highest BCUT2D eigenvalue weighted by atomic mass is 32.1. The van der Waals surface area contributed by atoms with Crippen molar-refractivity contribution in [2.45, 2.75) is 0 Å². The molecule has 0 aliphatic carbocycles. The molecule has 0 atom stereocenters. The number of rotatable bonds is 2. The number of aromatic nitrogens is 1. The lowest BCUT2D eigenvalue weighted by Gasteiger charge is -1.97. The number of nitrogens with zero attached hydrogens (tertiary/aromatic N) is 2. The Balaban J connectivity index is 2.71. The lowest BCUT2D eigenvalue weighted by Crippen LogP contribution is -2.23.